The number of amides is 1. The number of halogens is 1. The molecule has 0 fully saturated rings. The molecule has 1 unspecified atom stereocenters. The highest BCUT2D eigenvalue weighted by Crippen LogP contribution is 2.45. The Morgan fingerprint density at radius 2 is 1.91 bits per heavy atom. The summed E-state index contributed by atoms with van der Waals surface area (Å²) in [6, 6.07) is 15.9. The van der Waals surface area contributed by atoms with Gasteiger partial charge in [-0.2, -0.15) is 0 Å². The summed E-state index contributed by atoms with van der Waals surface area (Å²) in [5.41, 5.74) is 2.00. The predicted molar refractivity (Wildman–Crippen MR) is 104 cm³/mol. The summed E-state index contributed by atoms with van der Waals surface area (Å²) in [6.07, 6.45) is 1.04. The molecule has 120 valence electrons. The number of hydrogen-bond donors (Lipinski definition) is 0. The first-order valence-electron chi connectivity index (χ1n) is 7.52. The van der Waals surface area contributed by atoms with E-state index in [2.05, 4.69) is 28.7 Å². The topological polar surface area (TPSA) is 29.5 Å². The van der Waals surface area contributed by atoms with E-state index >= 15 is 0 Å². The van der Waals surface area contributed by atoms with Crippen LogP contribution in [0.15, 0.2) is 53.4 Å². The number of hydrogen-bond acceptors (Lipinski definition) is 3. The molecule has 3 nitrogen and oxygen atoms in total. The second-order valence-corrected chi connectivity index (χ2v) is 7.55. The highest BCUT2D eigenvalue weighted by molar-refractivity contribution is 14.1. The molecule has 5 heteroatoms. The number of carbonyl (C=O) groups excluding carboxylic acids is 1. The van der Waals surface area contributed by atoms with Crippen molar-refractivity contribution in [2.75, 3.05) is 23.0 Å². The van der Waals surface area contributed by atoms with Crippen molar-refractivity contribution < 1.29 is 9.53 Å². The van der Waals surface area contributed by atoms with Crippen molar-refractivity contribution in [3.8, 4) is 5.75 Å². The highest BCUT2D eigenvalue weighted by atomic mass is 127. The molecular formula is C18H18INO2S. The molecule has 2 aromatic carbocycles. The highest BCUT2D eigenvalue weighted by Gasteiger charge is 2.32. The normalized spacial score (nSPS) is 17.0. The number of ether oxygens (including phenoxy) is 1. The van der Waals surface area contributed by atoms with E-state index in [1.54, 1.807) is 16.7 Å². The lowest BCUT2D eigenvalue weighted by atomic mass is 10.1. The summed E-state index contributed by atoms with van der Waals surface area (Å²) in [5.74, 6) is 0.980. The molecule has 0 bridgehead atoms. The van der Waals surface area contributed by atoms with Gasteiger partial charge in [0.15, 0.2) is 0 Å². The van der Waals surface area contributed by atoms with Crippen molar-refractivity contribution in [3.63, 3.8) is 0 Å². The van der Waals surface area contributed by atoms with Crippen molar-refractivity contribution in [2.24, 2.45) is 0 Å². The Hall–Kier alpha value is -1.21. The van der Waals surface area contributed by atoms with Crippen LogP contribution in [-0.2, 0) is 4.79 Å². The number of nitrogens with zero attached hydrogens (tertiary/aromatic N) is 1. The summed E-state index contributed by atoms with van der Waals surface area (Å²) in [6.45, 7) is 0.732. The monoisotopic (exact) mass is 439 g/mol. The second-order valence-electron chi connectivity index (χ2n) is 5.32. The molecule has 2 aromatic rings. The van der Waals surface area contributed by atoms with Crippen molar-refractivity contribution in [3.05, 3.63) is 54.1 Å². The van der Waals surface area contributed by atoms with Gasteiger partial charge in [-0.05, 0) is 36.2 Å². The van der Waals surface area contributed by atoms with E-state index in [9.17, 15) is 4.79 Å². The molecule has 1 amide bonds. The van der Waals surface area contributed by atoms with Crippen LogP contribution in [0.2, 0.25) is 0 Å². The van der Waals surface area contributed by atoms with Gasteiger partial charge in [-0.25, -0.2) is 0 Å². The Bertz CT molecular complexity index is 690. The maximum atomic E-state index is 12.7. The number of alkyl halides is 1. The Kier molecular flexibility index (Phi) is 5.48. The van der Waals surface area contributed by atoms with E-state index in [0.717, 1.165) is 39.4 Å². The standard InChI is InChI=1S/C18H18INO2S/c1-20-15-5-2-3-6-16(15)23-17(18(20)21)13-7-9-14(10-8-13)22-12-4-11-19/h2-3,5-10,17H,4,11-12H2,1H3. The molecule has 0 spiro atoms. The average Bonchev–Trinajstić information content (AvgIpc) is 2.59. The van der Waals surface area contributed by atoms with Gasteiger partial charge in [0.1, 0.15) is 11.0 Å². The fourth-order valence-corrected chi connectivity index (χ4v) is 4.10. The lowest BCUT2D eigenvalue weighted by Crippen LogP contribution is -2.33. The van der Waals surface area contributed by atoms with E-state index in [1.807, 2.05) is 49.5 Å². The third-order valence-corrected chi connectivity index (χ3v) is 5.83. The third-order valence-electron chi connectivity index (χ3n) is 3.76. The first-order valence-corrected chi connectivity index (χ1v) is 9.93. The molecule has 0 aliphatic carbocycles. The summed E-state index contributed by atoms with van der Waals surface area (Å²) < 4.78 is 6.78. The van der Waals surface area contributed by atoms with Crippen LogP contribution in [0.25, 0.3) is 0 Å². The number of anilines is 1. The number of benzene rings is 2. The van der Waals surface area contributed by atoms with E-state index in [0.29, 0.717) is 0 Å². The Morgan fingerprint density at radius 1 is 1.17 bits per heavy atom. The minimum Gasteiger partial charge on any atom is -0.494 e. The predicted octanol–water partition coefficient (Wildman–Crippen LogP) is 4.70. The molecule has 0 saturated heterocycles. The van der Waals surface area contributed by atoms with Crippen LogP contribution in [0.3, 0.4) is 0 Å². The molecule has 1 heterocycles. The van der Waals surface area contributed by atoms with Crippen LogP contribution < -0.4 is 9.64 Å². The lowest BCUT2D eigenvalue weighted by molar-refractivity contribution is -0.118. The van der Waals surface area contributed by atoms with Gasteiger partial charge in [0.25, 0.3) is 0 Å². The van der Waals surface area contributed by atoms with Gasteiger partial charge in [-0.1, -0.05) is 46.9 Å². The molecule has 3 rings (SSSR count). The smallest absolute Gasteiger partial charge is 0.244 e. The number of rotatable bonds is 5. The number of carbonyl (C=O) groups is 1. The van der Waals surface area contributed by atoms with E-state index in [-0.39, 0.29) is 11.2 Å². The summed E-state index contributed by atoms with van der Waals surface area (Å²) in [7, 11) is 1.84. The zero-order chi connectivity index (χ0) is 16.2. The van der Waals surface area contributed by atoms with E-state index in [4.69, 9.17) is 4.74 Å². The van der Waals surface area contributed by atoms with Gasteiger partial charge in [0, 0.05) is 16.4 Å². The van der Waals surface area contributed by atoms with Crippen LogP contribution in [0.5, 0.6) is 5.75 Å². The number of likely N-dealkylation sites (N-methyl/N-ethyl adjacent to an activating group) is 1. The largest absolute Gasteiger partial charge is 0.494 e. The molecule has 1 aliphatic heterocycles. The number of para-hydroxylation sites is 1. The third kappa shape index (κ3) is 3.66. The molecule has 23 heavy (non-hydrogen) atoms. The molecule has 0 aromatic heterocycles. The SMILES string of the molecule is CN1C(=O)C(c2ccc(OCCCI)cc2)Sc2ccccc21. The van der Waals surface area contributed by atoms with Crippen molar-refractivity contribution in [2.45, 2.75) is 16.6 Å². The van der Waals surface area contributed by atoms with Crippen molar-refractivity contribution in [1.82, 2.24) is 0 Å². The quantitative estimate of drug-likeness (QED) is 0.384. The molecule has 0 saturated carbocycles. The zero-order valence-corrected chi connectivity index (χ0v) is 15.8. The van der Waals surface area contributed by atoms with Crippen LogP contribution in [0, 0.1) is 0 Å². The Labute approximate surface area is 154 Å². The van der Waals surface area contributed by atoms with Gasteiger partial charge in [0.2, 0.25) is 5.91 Å². The van der Waals surface area contributed by atoms with Crippen molar-refractivity contribution >= 4 is 45.9 Å². The van der Waals surface area contributed by atoms with Gasteiger partial charge in [-0.15, -0.1) is 11.8 Å². The molecule has 0 radical (unpaired) electrons. The summed E-state index contributed by atoms with van der Waals surface area (Å²) in [4.78, 5) is 15.5. The van der Waals surface area contributed by atoms with Gasteiger partial charge in [-0.3, -0.25) is 4.79 Å². The maximum Gasteiger partial charge on any atom is 0.244 e. The van der Waals surface area contributed by atoms with E-state index < -0.39 is 0 Å². The van der Waals surface area contributed by atoms with E-state index in [1.165, 1.54) is 0 Å². The average molecular weight is 439 g/mol. The minimum atomic E-state index is -0.196. The summed E-state index contributed by atoms with van der Waals surface area (Å²) >= 11 is 3.96. The van der Waals surface area contributed by atoms with Gasteiger partial charge >= 0.3 is 0 Å². The second kappa shape index (κ2) is 7.57. The molecular weight excluding hydrogens is 421 g/mol. The van der Waals surface area contributed by atoms with Gasteiger partial charge in [0.05, 0.1) is 12.3 Å². The van der Waals surface area contributed by atoms with Crippen LogP contribution in [0.4, 0.5) is 5.69 Å². The zero-order valence-electron chi connectivity index (χ0n) is 12.9. The van der Waals surface area contributed by atoms with Crippen LogP contribution in [-0.4, -0.2) is 24.0 Å². The van der Waals surface area contributed by atoms with Crippen LogP contribution >= 0.6 is 34.4 Å². The fourth-order valence-electron chi connectivity index (χ4n) is 2.50. The molecule has 0 N–H and O–H groups in total. The van der Waals surface area contributed by atoms with Crippen LogP contribution in [0.1, 0.15) is 17.2 Å². The number of thioether (sulfide) groups is 1. The number of fused-ring (bicyclic) bond motifs is 1. The maximum absolute atomic E-state index is 12.7. The fraction of sp³-hybridized carbons (Fsp3) is 0.278. The first-order chi connectivity index (χ1) is 11.2. The molecule has 1 atom stereocenters. The Morgan fingerprint density at radius 3 is 2.65 bits per heavy atom. The molecule has 1 aliphatic rings. The first kappa shape index (κ1) is 16.6. The van der Waals surface area contributed by atoms with Gasteiger partial charge < -0.3 is 9.64 Å². The van der Waals surface area contributed by atoms with Crippen molar-refractivity contribution in [1.29, 1.82) is 0 Å². The lowest BCUT2D eigenvalue weighted by Gasteiger charge is -2.31. The summed E-state index contributed by atoms with van der Waals surface area (Å²) in [5, 5.41) is -0.196. The minimum absolute atomic E-state index is 0.118. The Balaban J connectivity index is 1.78.